The minimum Gasteiger partial charge on any atom is -0.309 e. The molecule has 0 fully saturated rings. The average molecular weight is 266 g/mol. The van der Waals surface area contributed by atoms with Gasteiger partial charge in [-0.25, -0.2) is 0 Å². The summed E-state index contributed by atoms with van der Waals surface area (Å²) in [5.74, 6) is 0. The van der Waals surface area contributed by atoms with Crippen molar-refractivity contribution >= 4 is 23.2 Å². The molecule has 0 aliphatic rings. The summed E-state index contributed by atoms with van der Waals surface area (Å²) >= 11 is 12.1. The zero-order valence-electron chi connectivity index (χ0n) is 9.45. The first-order valence-electron chi connectivity index (χ1n) is 5.39. The van der Waals surface area contributed by atoms with Crippen LogP contribution in [0.3, 0.4) is 0 Å². The van der Waals surface area contributed by atoms with Crippen LogP contribution in [0.5, 0.6) is 0 Å². The molecule has 1 atom stereocenters. The van der Waals surface area contributed by atoms with Gasteiger partial charge in [-0.2, -0.15) is 0 Å². The minimum atomic E-state index is 0.104. The van der Waals surface area contributed by atoms with Gasteiger partial charge < -0.3 is 5.32 Å². The van der Waals surface area contributed by atoms with E-state index in [-0.39, 0.29) is 6.04 Å². The number of halogens is 2. The van der Waals surface area contributed by atoms with Crippen molar-refractivity contribution in [1.82, 2.24) is 5.32 Å². The van der Waals surface area contributed by atoms with Crippen LogP contribution in [0.15, 0.2) is 48.5 Å². The molecule has 0 aliphatic heterocycles. The van der Waals surface area contributed by atoms with Gasteiger partial charge in [-0.05, 0) is 36.4 Å². The molecular formula is C14H13Cl2N. The Balaban J connectivity index is 2.42. The first-order chi connectivity index (χ1) is 8.20. The highest BCUT2D eigenvalue weighted by atomic mass is 35.5. The van der Waals surface area contributed by atoms with Gasteiger partial charge >= 0.3 is 0 Å². The Morgan fingerprint density at radius 3 is 2.00 bits per heavy atom. The number of rotatable bonds is 3. The molecule has 0 aromatic heterocycles. The van der Waals surface area contributed by atoms with Crippen LogP contribution < -0.4 is 5.32 Å². The topological polar surface area (TPSA) is 12.0 Å². The fourth-order valence-corrected chi connectivity index (χ4v) is 2.46. The monoisotopic (exact) mass is 265 g/mol. The van der Waals surface area contributed by atoms with Gasteiger partial charge in [0.15, 0.2) is 0 Å². The largest absolute Gasteiger partial charge is 0.309 e. The molecule has 0 aliphatic carbocycles. The van der Waals surface area contributed by atoms with Crippen LogP contribution in [-0.4, -0.2) is 7.05 Å². The van der Waals surface area contributed by atoms with Gasteiger partial charge in [0.05, 0.1) is 6.04 Å². The predicted molar refractivity (Wildman–Crippen MR) is 73.8 cm³/mol. The summed E-state index contributed by atoms with van der Waals surface area (Å²) in [6, 6.07) is 15.9. The van der Waals surface area contributed by atoms with Gasteiger partial charge in [-0.15, -0.1) is 0 Å². The first kappa shape index (κ1) is 12.4. The van der Waals surface area contributed by atoms with E-state index in [4.69, 9.17) is 23.2 Å². The third-order valence-corrected chi connectivity index (χ3v) is 3.08. The number of hydrogen-bond acceptors (Lipinski definition) is 1. The molecule has 1 N–H and O–H groups in total. The summed E-state index contributed by atoms with van der Waals surface area (Å²) in [7, 11) is 1.92. The molecule has 2 rings (SSSR count). The summed E-state index contributed by atoms with van der Waals surface area (Å²) in [6.07, 6.45) is 0. The summed E-state index contributed by atoms with van der Waals surface area (Å²) in [5.41, 5.74) is 2.25. The second-order valence-electron chi connectivity index (χ2n) is 3.84. The van der Waals surface area contributed by atoms with Crippen LogP contribution >= 0.6 is 23.2 Å². The van der Waals surface area contributed by atoms with Gasteiger partial charge in [-0.3, -0.25) is 0 Å². The predicted octanol–water partition coefficient (Wildman–Crippen LogP) is 4.30. The molecule has 0 amide bonds. The van der Waals surface area contributed by atoms with Crippen molar-refractivity contribution < 1.29 is 0 Å². The maximum atomic E-state index is 6.03. The smallest absolute Gasteiger partial charge is 0.0575 e. The van der Waals surface area contributed by atoms with Crippen molar-refractivity contribution in [3.05, 3.63) is 69.7 Å². The van der Waals surface area contributed by atoms with Crippen LogP contribution in [0.2, 0.25) is 10.0 Å². The maximum Gasteiger partial charge on any atom is 0.0575 e. The molecule has 0 spiro atoms. The molecule has 2 aromatic rings. The van der Waals surface area contributed by atoms with Gasteiger partial charge in [-0.1, -0.05) is 53.5 Å². The van der Waals surface area contributed by atoms with Crippen molar-refractivity contribution in [1.29, 1.82) is 0 Å². The third-order valence-electron chi connectivity index (χ3n) is 2.64. The van der Waals surface area contributed by atoms with Gasteiger partial charge in [0.25, 0.3) is 0 Å². The molecule has 17 heavy (non-hydrogen) atoms. The number of hydrogen-bond donors (Lipinski definition) is 1. The van der Waals surface area contributed by atoms with E-state index in [0.29, 0.717) is 10.0 Å². The van der Waals surface area contributed by atoms with Crippen molar-refractivity contribution in [2.75, 3.05) is 7.05 Å². The van der Waals surface area contributed by atoms with Crippen molar-refractivity contribution in [2.24, 2.45) is 0 Å². The van der Waals surface area contributed by atoms with Gasteiger partial charge in [0, 0.05) is 10.0 Å². The Kier molecular flexibility index (Phi) is 4.06. The van der Waals surface area contributed by atoms with Crippen molar-refractivity contribution in [3.8, 4) is 0 Å². The molecular weight excluding hydrogens is 253 g/mol. The quantitative estimate of drug-likeness (QED) is 0.873. The van der Waals surface area contributed by atoms with E-state index < -0.39 is 0 Å². The van der Waals surface area contributed by atoms with Crippen LogP contribution in [0.25, 0.3) is 0 Å². The zero-order valence-corrected chi connectivity index (χ0v) is 11.0. The summed E-state index contributed by atoms with van der Waals surface area (Å²) in [6.45, 7) is 0. The summed E-state index contributed by atoms with van der Waals surface area (Å²) in [4.78, 5) is 0. The van der Waals surface area contributed by atoms with Gasteiger partial charge in [0.2, 0.25) is 0 Å². The fourth-order valence-electron chi connectivity index (χ4n) is 1.91. The fraction of sp³-hybridized carbons (Fsp3) is 0.143. The van der Waals surface area contributed by atoms with Crippen molar-refractivity contribution in [2.45, 2.75) is 6.04 Å². The van der Waals surface area contributed by atoms with Crippen molar-refractivity contribution in [3.63, 3.8) is 0 Å². The number of benzene rings is 2. The van der Waals surface area contributed by atoms with E-state index in [2.05, 4.69) is 17.4 Å². The Labute approximate surface area is 111 Å². The van der Waals surface area contributed by atoms with Crippen LogP contribution in [0.4, 0.5) is 0 Å². The normalized spacial score (nSPS) is 12.4. The zero-order chi connectivity index (χ0) is 12.3. The molecule has 0 saturated heterocycles. The summed E-state index contributed by atoms with van der Waals surface area (Å²) < 4.78 is 0. The molecule has 0 heterocycles. The lowest BCUT2D eigenvalue weighted by atomic mass is 9.99. The van der Waals surface area contributed by atoms with E-state index >= 15 is 0 Å². The Morgan fingerprint density at radius 2 is 1.47 bits per heavy atom. The lowest BCUT2D eigenvalue weighted by Gasteiger charge is -2.17. The highest BCUT2D eigenvalue weighted by molar-refractivity contribution is 6.34. The van der Waals surface area contributed by atoms with Gasteiger partial charge in [0.1, 0.15) is 0 Å². The van der Waals surface area contributed by atoms with E-state index in [9.17, 15) is 0 Å². The van der Waals surface area contributed by atoms with Crippen LogP contribution in [0, 0.1) is 0 Å². The molecule has 88 valence electrons. The lowest BCUT2D eigenvalue weighted by Crippen LogP contribution is -2.17. The third kappa shape index (κ3) is 3.01. The SMILES string of the molecule is CNC(c1ccccc1)c1cc(Cl)cc(Cl)c1. The van der Waals surface area contributed by atoms with E-state index in [0.717, 1.165) is 5.56 Å². The van der Waals surface area contributed by atoms with Crippen LogP contribution in [0.1, 0.15) is 17.2 Å². The molecule has 1 nitrogen and oxygen atoms in total. The lowest BCUT2D eigenvalue weighted by molar-refractivity contribution is 0.692. The van der Waals surface area contributed by atoms with E-state index in [1.807, 2.05) is 37.4 Å². The Hall–Kier alpha value is -1.02. The standard InChI is InChI=1S/C14H13Cl2N/c1-17-14(10-5-3-2-4-6-10)11-7-12(15)9-13(16)8-11/h2-9,14,17H,1H3. The van der Waals surface area contributed by atoms with E-state index in [1.165, 1.54) is 5.56 Å². The second-order valence-corrected chi connectivity index (χ2v) is 4.71. The molecule has 0 bridgehead atoms. The molecule has 2 aromatic carbocycles. The van der Waals surface area contributed by atoms with Crippen LogP contribution in [-0.2, 0) is 0 Å². The molecule has 0 radical (unpaired) electrons. The maximum absolute atomic E-state index is 6.03. The summed E-state index contributed by atoms with van der Waals surface area (Å²) in [5, 5.41) is 4.58. The molecule has 0 saturated carbocycles. The molecule has 3 heteroatoms. The average Bonchev–Trinajstić information content (AvgIpc) is 2.30. The highest BCUT2D eigenvalue weighted by Crippen LogP contribution is 2.27. The number of nitrogens with one attached hydrogen (secondary N) is 1. The minimum absolute atomic E-state index is 0.104. The Morgan fingerprint density at radius 1 is 0.882 bits per heavy atom. The highest BCUT2D eigenvalue weighted by Gasteiger charge is 2.12. The second kappa shape index (κ2) is 5.54. The first-order valence-corrected chi connectivity index (χ1v) is 6.14. The Bertz CT molecular complexity index is 477. The molecule has 1 unspecified atom stereocenters. The van der Waals surface area contributed by atoms with E-state index in [1.54, 1.807) is 6.07 Å².